The Morgan fingerprint density at radius 1 is 1.35 bits per heavy atom. The number of allylic oxidation sites excluding steroid dienone is 2. The predicted octanol–water partition coefficient (Wildman–Crippen LogP) is 3.51. The van der Waals surface area contributed by atoms with Crippen molar-refractivity contribution in [3.8, 4) is 11.8 Å². The van der Waals surface area contributed by atoms with Crippen LogP contribution in [0.25, 0.3) is 0 Å². The highest BCUT2D eigenvalue weighted by Crippen LogP contribution is 2.40. The van der Waals surface area contributed by atoms with Crippen molar-refractivity contribution in [2.75, 3.05) is 26.8 Å². The normalized spacial score (nSPS) is 15.9. The molecule has 7 nitrogen and oxygen atoms in total. The molecular weight excluding hydrogens is 394 g/mol. The number of methoxy groups -OCH3 is 1. The van der Waals surface area contributed by atoms with Crippen molar-refractivity contribution in [3.63, 3.8) is 0 Å². The summed E-state index contributed by atoms with van der Waals surface area (Å²) in [6.07, 6.45) is 3.64. The smallest absolute Gasteiger partial charge is 0.338 e. The van der Waals surface area contributed by atoms with Gasteiger partial charge in [-0.15, -0.1) is 13.2 Å². The fourth-order valence-electron chi connectivity index (χ4n) is 3.60. The van der Waals surface area contributed by atoms with Crippen LogP contribution in [-0.4, -0.2) is 37.7 Å². The number of hydrogen-bond acceptors (Lipinski definition) is 7. The van der Waals surface area contributed by atoms with E-state index < -0.39 is 11.9 Å². The molecular formula is C24H29N3O4. The van der Waals surface area contributed by atoms with Crippen LogP contribution in [0.1, 0.15) is 30.9 Å². The van der Waals surface area contributed by atoms with E-state index in [2.05, 4.69) is 24.1 Å². The monoisotopic (exact) mass is 423 g/mol. The minimum atomic E-state index is -0.699. The van der Waals surface area contributed by atoms with Gasteiger partial charge in [0, 0.05) is 25.2 Å². The lowest BCUT2D eigenvalue weighted by Crippen LogP contribution is -2.26. The molecule has 1 aliphatic rings. The van der Waals surface area contributed by atoms with Gasteiger partial charge in [-0.3, -0.25) is 4.90 Å². The average Bonchev–Trinajstić information content (AvgIpc) is 2.73. The maximum Gasteiger partial charge on any atom is 0.338 e. The third kappa shape index (κ3) is 5.36. The fourth-order valence-corrected chi connectivity index (χ4v) is 3.60. The van der Waals surface area contributed by atoms with Gasteiger partial charge in [-0.25, -0.2) is 4.79 Å². The first kappa shape index (κ1) is 23.8. The van der Waals surface area contributed by atoms with Crippen molar-refractivity contribution in [1.82, 2.24) is 4.90 Å². The standard InChI is InChI=1S/C24H29N3O4/c1-6-11-27(12-7-2)15-18-13-17(9-10-20(18)29-5)22-19(14-25)23(26)31-16(4)21(22)24(28)30-8-3/h6-7,9-10,13,22H,1-2,8,11-12,15,26H2,3-5H3. The first-order valence-corrected chi connectivity index (χ1v) is 9.98. The van der Waals surface area contributed by atoms with Gasteiger partial charge in [-0.2, -0.15) is 5.26 Å². The Bertz CT molecular complexity index is 946. The molecule has 2 N–H and O–H groups in total. The fraction of sp³-hybridized carbons (Fsp3) is 0.333. The van der Waals surface area contributed by atoms with Crippen LogP contribution in [0.2, 0.25) is 0 Å². The quantitative estimate of drug-likeness (QED) is 0.454. The van der Waals surface area contributed by atoms with Crippen LogP contribution < -0.4 is 10.5 Å². The molecule has 1 heterocycles. The van der Waals surface area contributed by atoms with E-state index in [0.717, 1.165) is 11.1 Å². The largest absolute Gasteiger partial charge is 0.496 e. The number of ether oxygens (including phenoxy) is 3. The van der Waals surface area contributed by atoms with E-state index in [1.54, 1.807) is 21.0 Å². The first-order chi connectivity index (χ1) is 14.9. The Kier molecular flexibility index (Phi) is 8.47. The molecule has 1 aliphatic heterocycles. The van der Waals surface area contributed by atoms with Gasteiger partial charge >= 0.3 is 5.97 Å². The summed E-state index contributed by atoms with van der Waals surface area (Å²) >= 11 is 0. The number of benzene rings is 1. The summed E-state index contributed by atoms with van der Waals surface area (Å²) in [5, 5.41) is 9.77. The second kappa shape index (κ2) is 11.0. The maximum atomic E-state index is 12.7. The lowest BCUT2D eigenvalue weighted by atomic mass is 9.82. The van der Waals surface area contributed by atoms with Gasteiger partial charge in [0.1, 0.15) is 23.2 Å². The Morgan fingerprint density at radius 2 is 2.03 bits per heavy atom. The molecule has 1 unspecified atom stereocenters. The summed E-state index contributed by atoms with van der Waals surface area (Å²) in [7, 11) is 1.60. The van der Waals surface area contributed by atoms with E-state index in [1.807, 2.05) is 30.4 Å². The van der Waals surface area contributed by atoms with Gasteiger partial charge < -0.3 is 19.9 Å². The zero-order valence-corrected chi connectivity index (χ0v) is 18.3. The second-order valence-electron chi connectivity index (χ2n) is 6.96. The molecule has 164 valence electrons. The second-order valence-corrected chi connectivity index (χ2v) is 6.96. The molecule has 0 aromatic heterocycles. The zero-order valence-electron chi connectivity index (χ0n) is 18.3. The third-order valence-corrected chi connectivity index (χ3v) is 4.91. The van der Waals surface area contributed by atoms with E-state index in [9.17, 15) is 10.1 Å². The number of hydrogen-bond donors (Lipinski definition) is 1. The van der Waals surface area contributed by atoms with Crippen molar-refractivity contribution in [3.05, 3.63) is 77.4 Å². The lowest BCUT2D eigenvalue weighted by molar-refractivity contribution is -0.139. The Labute approximate surface area is 183 Å². The molecule has 7 heteroatoms. The Hall–Kier alpha value is -3.50. The Morgan fingerprint density at radius 3 is 2.58 bits per heavy atom. The SMILES string of the molecule is C=CCN(CC=C)Cc1cc(C2C(C#N)=C(N)OC(C)=C2C(=O)OCC)ccc1OC. The summed E-state index contributed by atoms with van der Waals surface area (Å²) in [5.74, 6) is -0.243. The number of nitrogens with two attached hydrogens (primary N) is 1. The minimum Gasteiger partial charge on any atom is -0.496 e. The van der Waals surface area contributed by atoms with Crippen molar-refractivity contribution < 1.29 is 19.0 Å². The molecule has 31 heavy (non-hydrogen) atoms. The number of carbonyl (C=O) groups excluding carboxylic acids is 1. The molecule has 1 atom stereocenters. The van der Waals surface area contributed by atoms with Gasteiger partial charge in [-0.1, -0.05) is 18.2 Å². The van der Waals surface area contributed by atoms with Crippen LogP contribution in [0, 0.1) is 11.3 Å². The van der Waals surface area contributed by atoms with E-state index in [0.29, 0.717) is 31.1 Å². The minimum absolute atomic E-state index is 0.0182. The molecule has 0 amide bonds. The molecule has 0 saturated heterocycles. The average molecular weight is 424 g/mol. The molecule has 0 saturated carbocycles. The van der Waals surface area contributed by atoms with E-state index in [1.165, 1.54) is 0 Å². The van der Waals surface area contributed by atoms with Crippen molar-refractivity contribution >= 4 is 5.97 Å². The van der Waals surface area contributed by atoms with Crippen LogP contribution in [-0.2, 0) is 20.8 Å². The summed E-state index contributed by atoms with van der Waals surface area (Å²) in [4.78, 5) is 14.9. The maximum absolute atomic E-state index is 12.7. The van der Waals surface area contributed by atoms with E-state index >= 15 is 0 Å². The number of nitriles is 1. The van der Waals surface area contributed by atoms with Crippen LogP contribution >= 0.6 is 0 Å². The third-order valence-electron chi connectivity index (χ3n) is 4.91. The highest BCUT2D eigenvalue weighted by Gasteiger charge is 2.36. The molecule has 0 fully saturated rings. The first-order valence-electron chi connectivity index (χ1n) is 9.98. The molecule has 1 aromatic carbocycles. The molecule has 1 aromatic rings. The van der Waals surface area contributed by atoms with Gasteiger partial charge in [0.05, 0.1) is 25.2 Å². The van der Waals surface area contributed by atoms with Gasteiger partial charge in [0.2, 0.25) is 5.88 Å². The topological polar surface area (TPSA) is 97.8 Å². The number of nitrogens with zero attached hydrogens (tertiary/aromatic N) is 2. The zero-order chi connectivity index (χ0) is 23.0. The van der Waals surface area contributed by atoms with Crippen LogP contribution in [0.15, 0.2) is 66.3 Å². The molecule has 0 radical (unpaired) electrons. The van der Waals surface area contributed by atoms with Crippen LogP contribution in [0.5, 0.6) is 5.75 Å². The summed E-state index contributed by atoms with van der Waals surface area (Å²) < 4.78 is 16.3. The van der Waals surface area contributed by atoms with Crippen LogP contribution in [0.4, 0.5) is 0 Å². The van der Waals surface area contributed by atoms with Gasteiger partial charge in [-0.05, 0) is 31.5 Å². The van der Waals surface area contributed by atoms with Gasteiger partial charge in [0.15, 0.2) is 0 Å². The van der Waals surface area contributed by atoms with Gasteiger partial charge in [0.25, 0.3) is 0 Å². The molecule has 0 bridgehead atoms. The van der Waals surface area contributed by atoms with E-state index in [4.69, 9.17) is 19.9 Å². The molecule has 2 rings (SSSR count). The summed E-state index contributed by atoms with van der Waals surface area (Å²) in [6.45, 7) is 13.1. The lowest BCUT2D eigenvalue weighted by Gasteiger charge is -2.28. The number of esters is 1. The molecule has 0 spiro atoms. The summed E-state index contributed by atoms with van der Waals surface area (Å²) in [6, 6.07) is 7.66. The molecule has 0 aliphatic carbocycles. The highest BCUT2D eigenvalue weighted by atomic mass is 16.5. The Balaban J connectivity index is 2.60. The number of rotatable bonds is 10. The number of carbonyl (C=O) groups is 1. The predicted molar refractivity (Wildman–Crippen MR) is 119 cm³/mol. The van der Waals surface area contributed by atoms with Crippen molar-refractivity contribution in [1.29, 1.82) is 5.26 Å². The summed E-state index contributed by atoms with van der Waals surface area (Å²) in [5.41, 5.74) is 8.03. The van der Waals surface area contributed by atoms with E-state index in [-0.39, 0.29) is 23.6 Å². The van der Waals surface area contributed by atoms with Crippen LogP contribution in [0.3, 0.4) is 0 Å². The van der Waals surface area contributed by atoms with Crippen molar-refractivity contribution in [2.45, 2.75) is 26.3 Å². The highest BCUT2D eigenvalue weighted by molar-refractivity contribution is 5.92. The van der Waals surface area contributed by atoms with Crippen molar-refractivity contribution in [2.24, 2.45) is 5.73 Å².